The molecule has 2 atom stereocenters. The minimum absolute atomic E-state index is 0.0342. The van der Waals surface area contributed by atoms with E-state index in [1.165, 1.54) is 5.56 Å². The monoisotopic (exact) mass is 410 g/mol. The second-order valence-electron chi connectivity index (χ2n) is 7.99. The van der Waals surface area contributed by atoms with Gasteiger partial charge in [-0.05, 0) is 42.9 Å². The molecule has 1 aliphatic heterocycles. The largest absolute Gasteiger partial charge is 0.354 e. The zero-order valence-electron chi connectivity index (χ0n) is 17.4. The van der Waals surface area contributed by atoms with E-state index >= 15 is 0 Å². The van der Waals surface area contributed by atoms with Crippen molar-refractivity contribution in [2.75, 3.05) is 12.3 Å². The van der Waals surface area contributed by atoms with Crippen LogP contribution in [-0.4, -0.2) is 40.4 Å². The van der Waals surface area contributed by atoms with Gasteiger partial charge in [0.1, 0.15) is 6.04 Å². The first-order valence-corrected chi connectivity index (χ1v) is 11.3. The normalized spacial score (nSPS) is 18.8. The molecule has 154 valence electrons. The fourth-order valence-electron chi connectivity index (χ4n) is 3.67. The van der Waals surface area contributed by atoms with E-state index in [1.807, 2.05) is 54.3 Å². The van der Waals surface area contributed by atoms with Gasteiger partial charge in [-0.15, -0.1) is 11.8 Å². The lowest BCUT2D eigenvalue weighted by Crippen LogP contribution is -2.50. The number of hydrogen-bond donors (Lipinski definition) is 1. The van der Waals surface area contributed by atoms with Gasteiger partial charge in [-0.1, -0.05) is 62.4 Å². The third-order valence-corrected chi connectivity index (χ3v) is 6.55. The molecule has 3 rings (SSSR count). The molecule has 1 fully saturated rings. The van der Waals surface area contributed by atoms with E-state index in [2.05, 4.69) is 31.3 Å². The number of benzene rings is 2. The Balaban J connectivity index is 1.72. The minimum atomic E-state index is -0.424. The number of nitrogens with zero attached hydrogens (tertiary/aromatic N) is 1. The molecule has 2 aromatic carbocycles. The molecular weight excluding hydrogens is 380 g/mol. The lowest BCUT2D eigenvalue weighted by molar-refractivity contribution is -0.124. The van der Waals surface area contributed by atoms with Crippen molar-refractivity contribution in [2.45, 2.75) is 45.0 Å². The highest BCUT2D eigenvalue weighted by molar-refractivity contribution is 8.00. The predicted octanol–water partition coefficient (Wildman–Crippen LogP) is 4.28. The molecule has 0 spiro atoms. The highest BCUT2D eigenvalue weighted by atomic mass is 32.2. The van der Waals surface area contributed by atoms with Crippen LogP contribution in [0.1, 0.15) is 41.8 Å². The molecule has 0 aliphatic carbocycles. The number of rotatable bonds is 7. The molecule has 0 saturated carbocycles. The van der Waals surface area contributed by atoms with Gasteiger partial charge in [0.15, 0.2) is 0 Å². The minimum Gasteiger partial charge on any atom is -0.354 e. The maximum absolute atomic E-state index is 13.4. The number of carbonyl (C=O) groups excluding carboxylic acids is 2. The molecule has 1 heterocycles. The molecule has 2 unspecified atom stereocenters. The van der Waals surface area contributed by atoms with Gasteiger partial charge in [-0.3, -0.25) is 9.59 Å². The van der Waals surface area contributed by atoms with Crippen molar-refractivity contribution in [1.29, 1.82) is 0 Å². The maximum atomic E-state index is 13.4. The summed E-state index contributed by atoms with van der Waals surface area (Å²) in [7, 11) is 0. The van der Waals surface area contributed by atoms with Gasteiger partial charge in [-0.2, -0.15) is 0 Å². The van der Waals surface area contributed by atoms with Gasteiger partial charge >= 0.3 is 0 Å². The van der Waals surface area contributed by atoms with Gasteiger partial charge in [0.2, 0.25) is 5.91 Å². The van der Waals surface area contributed by atoms with Crippen LogP contribution in [0, 0.1) is 12.8 Å². The van der Waals surface area contributed by atoms with E-state index in [0.29, 0.717) is 23.8 Å². The van der Waals surface area contributed by atoms with Gasteiger partial charge in [0.05, 0.1) is 5.37 Å². The first-order chi connectivity index (χ1) is 14.0. The number of thioether (sulfide) groups is 1. The quantitative estimate of drug-likeness (QED) is 0.741. The van der Waals surface area contributed by atoms with Crippen molar-refractivity contribution >= 4 is 23.6 Å². The Labute approximate surface area is 178 Å². The highest BCUT2D eigenvalue weighted by Crippen LogP contribution is 2.35. The fourth-order valence-corrected chi connectivity index (χ4v) is 5.31. The SMILES string of the molecule is Cc1ccccc1C(=O)N1C(CC(C)C)SCC1C(=O)NCCc1ccccc1. The van der Waals surface area contributed by atoms with Crippen molar-refractivity contribution in [3.05, 3.63) is 71.3 Å². The summed E-state index contributed by atoms with van der Waals surface area (Å²) >= 11 is 1.72. The van der Waals surface area contributed by atoms with Crippen molar-refractivity contribution < 1.29 is 9.59 Å². The number of nitrogens with one attached hydrogen (secondary N) is 1. The molecule has 4 nitrogen and oxygen atoms in total. The summed E-state index contributed by atoms with van der Waals surface area (Å²) in [5, 5.41) is 3.09. The number of aryl methyl sites for hydroxylation is 1. The Kier molecular flexibility index (Phi) is 7.37. The Morgan fingerprint density at radius 2 is 1.79 bits per heavy atom. The van der Waals surface area contributed by atoms with Crippen LogP contribution in [0.3, 0.4) is 0 Å². The lowest BCUT2D eigenvalue weighted by Gasteiger charge is -2.30. The molecule has 1 saturated heterocycles. The molecule has 1 N–H and O–H groups in total. The summed E-state index contributed by atoms with van der Waals surface area (Å²) < 4.78 is 0. The molecular formula is C24H30N2O2S. The topological polar surface area (TPSA) is 49.4 Å². The molecule has 0 radical (unpaired) electrons. The standard InChI is InChI=1S/C24H30N2O2S/c1-17(2)15-22-26(24(28)20-12-8-7-9-18(20)3)21(16-29-22)23(27)25-14-13-19-10-5-4-6-11-19/h4-12,17,21-22H,13-16H2,1-3H3,(H,25,27). The summed E-state index contributed by atoms with van der Waals surface area (Å²) in [6, 6.07) is 17.3. The van der Waals surface area contributed by atoms with E-state index in [1.54, 1.807) is 11.8 Å². The maximum Gasteiger partial charge on any atom is 0.255 e. The average Bonchev–Trinajstić information content (AvgIpc) is 3.11. The lowest BCUT2D eigenvalue weighted by atomic mass is 10.0. The van der Waals surface area contributed by atoms with E-state index in [9.17, 15) is 9.59 Å². The van der Waals surface area contributed by atoms with Crippen LogP contribution in [-0.2, 0) is 11.2 Å². The first kappa shape index (κ1) is 21.4. The Hall–Kier alpha value is -2.27. The first-order valence-electron chi connectivity index (χ1n) is 10.3. The van der Waals surface area contributed by atoms with Crippen LogP contribution in [0.2, 0.25) is 0 Å². The van der Waals surface area contributed by atoms with E-state index in [4.69, 9.17) is 0 Å². The van der Waals surface area contributed by atoms with E-state index in [0.717, 1.165) is 18.4 Å². The van der Waals surface area contributed by atoms with Crippen molar-refractivity contribution in [2.24, 2.45) is 5.92 Å². The zero-order chi connectivity index (χ0) is 20.8. The van der Waals surface area contributed by atoms with Crippen LogP contribution in [0.4, 0.5) is 0 Å². The van der Waals surface area contributed by atoms with Crippen molar-refractivity contribution in [3.8, 4) is 0 Å². The summed E-state index contributed by atoms with van der Waals surface area (Å²) in [4.78, 5) is 28.2. The Bertz CT molecular complexity index is 838. The summed E-state index contributed by atoms with van der Waals surface area (Å²) in [5.74, 6) is 1.01. The van der Waals surface area contributed by atoms with Gasteiger partial charge in [-0.25, -0.2) is 0 Å². The second kappa shape index (κ2) is 9.97. The van der Waals surface area contributed by atoms with Gasteiger partial charge in [0.25, 0.3) is 5.91 Å². The van der Waals surface area contributed by atoms with Crippen molar-refractivity contribution in [1.82, 2.24) is 10.2 Å². The molecule has 2 aromatic rings. The van der Waals surface area contributed by atoms with Crippen LogP contribution in [0.15, 0.2) is 54.6 Å². The molecule has 0 aromatic heterocycles. The average molecular weight is 411 g/mol. The second-order valence-corrected chi connectivity index (χ2v) is 9.20. The number of hydrogen-bond acceptors (Lipinski definition) is 3. The summed E-state index contributed by atoms with van der Waals surface area (Å²) in [6.45, 7) is 6.84. The predicted molar refractivity (Wildman–Crippen MR) is 120 cm³/mol. The summed E-state index contributed by atoms with van der Waals surface area (Å²) in [6.07, 6.45) is 1.67. The van der Waals surface area contributed by atoms with Crippen LogP contribution >= 0.6 is 11.8 Å². The molecule has 29 heavy (non-hydrogen) atoms. The van der Waals surface area contributed by atoms with Crippen LogP contribution < -0.4 is 5.32 Å². The molecule has 2 amide bonds. The van der Waals surface area contributed by atoms with E-state index < -0.39 is 6.04 Å². The fraction of sp³-hybridized carbons (Fsp3) is 0.417. The number of carbonyl (C=O) groups is 2. The van der Waals surface area contributed by atoms with E-state index in [-0.39, 0.29) is 17.2 Å². The number of amides is 2. The smallest absolute Gasteiger partial charge is 0.255 e. The molecule has 5 heteroatoms. The zero-order valence-corrected chi connectivity index (χ0v) is 18.2. The Morgan fingerprint density at radius 3 is 2.48 bits per heavy atom. The Morgan fingerprint density at radius 1 is 1.10 bits per heavy atom. The molecule has 1 aliphatic rings. The van der Waals surface area contributed by atoms with Gasteiger partial charge < -0.3 is 10.2 Å². The third-order valence-electron chi connectivity index (χ3n) is 5.23. The third kappa shape index (κ3) is 5.41. The highest BCUT2D eigenvalue weighted by Gasteiger charge is 2.42. The van der Waals surface area contributed by atoms with Crippen LogP contribution in [0.5, 0.6) is 0 Å². The van der Waals surface area contributed by atoms with Gasteiger partial charge in [0, 0.05) is 17.9 Å². The molecule has 0 bridgehead atoms. The van der Waals surface area contributed by atoms with Crippen molar-refractivity contribution in [3.63, 3.8) is 0 Å². The van der Waals surface area contributed by atoms with Crippen LogP contribution in [0.25, 0.3) is 0 Å². The summed E-state index contributed by atoms with van der Waals surface area (Å²) in [5.41, 5.74) is 2.82.